The number of halogens is 2. The highest BCUT2D eigenvalue weighted by molar-refractivity contribution is 7.45. The number of carboxylic acid groups (broad SMARTS) is 2. The zero-order valence-corrected chi connectivity index (χ0v) is 7.58. The SMILES string of the molecule is O=C(O)C(=O)O.O=P(O)(O)O.OB(F)F. The van der Waals surface area contributed by atoms with E-state index in [2.05, 4.69) is 0 Å². The van der Waals surface area contributed by atoms with E-state index in [0.717, 1.165) is 0 Å². The molecule has 0 heterocycles. The van der Waals surface area contributed by atoms with Gasteiger partial charge in [-0.05, 0) is 0 Å². The molecule has 0 saturated carbocycles. The van der Waals surface area contributed by atoms with Crippen LogP contribution in [0.4, 0.5) is 8.63 Å². The second kappa shape index (κ2) is 9.49. The number of hydrogen-bond acceptors (Lipinski definition) is 4. The van der Waals surface area contributed by atoms with Crippen molar-refractivity contribution in [2.45, 2.75) is 0 Å². The molecule has 0 fully saturated rings. The van der Waals surface area contributed by atoms with Crippen molar-refractivity contribution in [1.29, 1.82) is 0 Å². The van der Waals surface area contributed by atoms with Crippen molar-refractivity contribution in [3.8, 4) is 0 Å². The first-order valence-corrected chi connectivity index (χ1v) is 4.15. The lowest BCUT2D eigenvalue weighted by Crippen LogP contribution is -2.09. The molecule has 0 aromatic carbocycles. The third-order valence-electron chi connectivity index (χ3n) is 0.183. The highest BCUT2D eigenvalue weighted by atomic mass is 31.2. The van der Waals surface area contributed by atoms with Gasteiger partial charge in [0, 0.05) is 0 Å². The molecule has 0 spiro atoms. The molecule has 9 nitrogen and oxygen atoms in total. The van der Waals surface area contributed by atoms with Crippen molar-refractivity contribution < 1.29 is 52.7 Å². The van der Waals surface area contributed by atoms with Crippen LogP contribution >= 0.6 is 7.82 Å². The summed E-state index contributed by atoms with van der Waals surface area (Å²) in [6, 6.07) is 0. The lowest BCUT2D eigenvalue weighted by Gasteiger charge is -1.82. The number of carboxylic acids is 2. The Morgan fingerprint density at radius 1 is 1.00 bits per heavy atom. The van der Waals surface area contributed by atoms with Gasteiger partial charge in [0.1, 0.15) is 0 Å². The van der Waals surface area contributed by atoms with Crippen LogP contribution < -0.4 is 0 Å². The fraction of sp³-hybridized carbons (Fsp3) is 0. The van der Waals surface area contributed by atoms with Gasteiger partial charge >= 0.3 is 27.2 Å². The Morgan fingerprint density at radius 3 is 1.07 bits per heavy atom. The molecule has 0 aromatic rings. The standard InChI is InChI=1S/C2H2O4.BF2HO.H3O4P/c3-1(4)2(5)6;2-1(3)4;1-5(2,3)4/h(H,3,4)(H,5,6);4H;(H3,1,2,3,4). The largest absolute Gasteiger partial charge is 0.718 e. The van der Waals surface area contributed by atoms with Crippen LogP contribution in [0.15, 0.2) is 0 Å². The van der Waals surface area contributed by atoms with Crippen molar-refractivity contribution >= 4 is 27.2 Å². The summed E-state index contributed by atoms with van der Waals surface area (Å²) in [5.74, 6) is -3.65. The average molecular weight is 254 g/mol. The first-order chi connectivity index (χ1) is 6.37. The van der Waals surface area contributed by atoms with Crippen molar-refractivity contribution in [2.24, 2.45) is 0 Å². The number of aliphatic carboxylic acids is 2. The third kappa shape index (κ3) is 180. The van der Waals surface area contributed by atoms with E-state index < -0.39 is 27.2 Å². The second-order valence-corrected chi connectivity index (χ2v) is 2.43. The van der Waals surface area contributed by atoms with Gasteiger partial charge in [0.15, 0.2) is 0 Å². The van der Waals surface area contributed by atoms with Crippen molar-refractivity contribution in [3.63, 3.8) is 0 Å². The first kappa shape index (κ1) is 19.5. The predicted octanol–water partition coefficient (Wildman–Crippen LogP) is -1.87. The molecule has 90 valence electrons. The Morgan fingerprint density at radius 2 is 1.07 bits per heavy atom. The average Bonchev–Trinajstić information content (AvgIpc) is 1.80. The molecule has 0 radical (unpaired) electrons. The molecule has 0 atom stereocenters. The van der Waals surface area contributed by atoms with Gasteiger partial charge < -0.3 is 29.9 Å². The Labute approximate surface area is 81.0 Å². The summed E-state index contributed by atoms with van der Waals surface area (Å²) in [4.78, 5) is 39.8. The van der Waals surface area contributed by atoms with Crippen molar-refractivity contribution in [2.75, 3.05) is 0 Å². The van der Waals surface area contributed by atoms with Gasteiger partial charge in [-0.2, -0.15) is 0 Å². The van der Waals surface area contributed by atoms with Crippen LogP contribution in [0.2, 0.25) is 0 Å². The molecular weight excluding hydrogens is 248 g/mol. The highest BCUT2D eigenvalue weighted by Crippen LogP contribution is 2.25. The lowest BCUT2D eigenvalue weighted by atomic mass is 10.4. The quantitative estimate of drug-likeness (QED) is 0.164. The molecule has 0 unspecified atom stereocenters. The summed E-state index contributed by atoms with van der Waals surface area (Å²) in [6.07, 6.45) is 0. The van der Waals surface area contributed by atoms with Crippen LogP contribution in [0.1, 0.15) is 0 Å². The van der Waals surface area contributed by atoms with E-state index in [9.17, 15) is 8.63 Å². The zero-order chi connectivity index (χ0) is 13.2. The van der Waals surface area contributed by atoms with Crippen LogP contribution in [0.3, 0.4) is 0 Å². The van der Waals surface area contributed by atoms with Gasteiger partial charge in [0.2, 0.25) is 0 Å². The fourth-order valence-corrected chi connectivity index (χ4v) is 0. The van der Waals surface area contributed by atoms with E-state index in [-0.39, 0.29) is 0 Å². The summed E-state index contributed by atoms with van der Waals surface area (Å²) in [5.41, 5.74) is 0. The molecule has 0 aromatic heterocycles. The molecular formula is C2H6BF2O9P. The predicted molar refractivity (Wildman–Crippen MR) is 39.7 cm³/mol. The number of carbonyl (C=O) groups is 2. The molecule has 0 aliphatic carbocycles. The van der Waals surface area contributed by atoms with Crippen LogP contribution in [-0.2, 0) is 14.2 Å². The van der Waals surface area contributed by atoms with Gasteiger partial charge in [0.05, 0.1) is 0 Å². The molecule has 0 bridgehead atoms. The normalized spacial score (nSPS) is 8.67. The van der Waals surface area contributed by atoms with E-state index in [0.29, 0.717) is 0 Å². The monoisotopic (exact) mass is 254 g/mol. The maximum atomic E-state index is 9.89. The smallest absolute Gasteiger partial charge is 0.473 e. The third-order valence-corrected chi connectivity index (χ3v) is 0.183. The highest BCUT2D eigenvalue weighted by Gasteiger charge is 2.04. The lowest BCUT2D eigenvalue weighted by molar-refractivity contribution is -0.159. The summed E-state index contributed by atoms with van der Waals surface area (Å²) >= 11 is 0. The Kier molecular flexibility index (Phi) is 12.3. The molecule has 13 heteroatoms. The molecule has 6 N–H and O–H groups in total. The van der Waals surface area contributed by atoms with Gasteiger partial charge in [-0.3, -0.25) is 8.63 Å². The zero-order valence-electron chi connectivity index (χ0n) is 6.69. The molecule has 0 saturated heterocycles. The molecule has 0 aliphatic heterocycles. The van der Waals surface area contributed by atoms with Gasteiger partial charge in [-0.25, -0.2) is 14.2 Å². The van der Waals surface area contributed by atoms with E-state index in [1.54, 1.807) is 0 Å². The summed E-state index contributed by atoms with van der Waals surface area (Å²) in [6.45, 7) is 0. The molecule has 15 heavy (non-hydrogen) atoms. The van der Waals surface area contributed by atoms with E-state index in [4.69, 9.17) is 44.1 Å². The summed E-state index contributed by atoms with van der Waals surface area (Å²) in [7, 11) is -7.81. The van der Waals surface area contributed by atoms with Gasteiger partial charge in [-0.15, -0.1) is 0 Å². The minimum atomic E-state index is -4.64. The maximum Gasteiger partial charge on any atom is 0.718 e. The molecule has 0 amide bonds. The second-order valence-electron chi connectivity index (χ2n) is 1.40. The minimum absolute atomic E-state index is 1.82. The summed E-state index contributed by atoms with van der Waals surface area (Å²) < 4.78 is 28.7. The number of phosphoric acid groups is 1. The number of rotatable bonds is 0. The fourth-order valence-electron chi connectivity index (χ4n) is 0. The van der Waals surface area contributed by atoms with E-state index in [1.807, 2.05) is 0 Å². The first-order valence-electron chi connectivity index (χ1n) is 2.58. The van der Waals surface area contributed by atoms with Gasteiger partial charge in [-0.1, -0.05) is 0 Å². The van der Waals surface area contributed by atoms with Crippen molar-refractivity contribution in [1.82, 2.24) is 0 Å². The van der Waals surface area contributed by atoms with Crippen molar-refractivity contribution in [3.05, 3.63) is 0 Å². The summed E-state index contributed by atoms with van der Waals surface area (Å²) in [5, 5.41) is 21.5. The van der Waals surface area contributed by atoms with Crippen LogP contribution in [0, 0.1) is 0 Å². The van der Waals surface area contributed by atoms with E-state index >= 15 is 0 Å². The van der Waals surface area contributed by atoms with Gasteiger partial charge in [0.25, 0.3) is 0 Å². The number of hydrogen-bond donors (Lipinski definition) is 6. The minimum Gasteiger partial charge on any atom is -0.473 e. The Balaban J connectivity index is -0.000000147. The van der Waals surface area contributed by atoms with Crippen LogP contribution in [-0.4, -0.2) is 49.3 Å². The molecule has 0 aliphatic rings. The van der Waals surface area contributed by atoms with Crippen LogP contribution in [0.5, 0.6) is 0 Å². The Bertz CT molecular complexity index is 213. The Hall–Kier alpha value is -1.07. The maximum absolute atomic E-state index is 9.89. The topological polar surface area (TPSA) is 173 Å². The van der Waals surface area contributed by atoms with E-state index in [1.165, 1.54) is 0 Å². The van der Waals surface area contributed by atoms with Crippen LogP contribution in [0.25, 0.3) is 0 Å². The molecule has 0 rings (SSSR count).